The molecular formula is C24H28N2O13. The van der Waals surface area contributed by atoms with Crippen LogP contribution in [-0.2, 0) is 25.5 Å². The maximum absolute atomic E-state index is 11.9. The molecule has 0 aliphatic carbocycles. The zero-order chi connectivity index (χ0) is 28.6. The summed E-state index contributed by atoms with van der Waals surface area (Å²) in [5.41, 5.74) is 0.848. The number of ether oxygens (including phenoxy) is 2. The maximum Gasteiger partial charge on any atom is 0.351 e. The lowest BCUT2D eigenvalue weighted by molar-refractivity contribution is -0.840. The number of nitrogens with one attached hydrogen (secondary N) is 2. The van der Waals surface area contributed by atoms with E-state index < -0.39 is 73.1 Å². The SMILES string of the molecule is O=C(O)C1=CC(=CC[NH+]2c3cc(O)c(O[C@H]4O[C@H](CO)[C@@H](O)[C@H](O)[C@H]4O)cc3C[C@H]2C(=O)[O-])C[C@@H](C(=O)O)N1. The highest BCUT2D eigenvalue weighted by Gasteiger charge is 2.45. The fourth-order valence-corrected chi connectivity index (χ4v) is 4.89. The maximum atomic E-state index is 11.9. The van der Waals surface area contributed by atoms with E-state index in [2.05, 4.69) is 5.32 Å². The van der Waals surface area contributed by atoms with Crippen molar-refractivity contribution in [2.45, 2.75) is 55.6 Å². The lowest BCUT2D eigenvalue weighted by Gasteiger charge is -2.39. The minimum absolute atomic E-state index is 0.0108. The summed E-state index contributed by atoms with van der Waals surface area (Å²) >= 11 is 0. The second kappa shape index (κ2) is 11.2. The van der Waals surface area contributed by atoms with Gasteiger partial charge in [-0.2, -0.15) is 0 Å². The monoisotopic (exact) mass is 552 g/mol. The van der Waals surface area contributed by atoms with Gasteiger partial charge in [0, 0.05) is 24.5 Å². The van der Waals surface area contributed by atoms with E-state index in [1.54, 1.807) is 0 Å². The summed E-state index contributed by atoms with van der Waals surface area (Å²) in [5.74, 6) is -4.68. The number of phenolic OH excluding ortho intramolecular Hbond substituents is 1. The fraction of sp³-hybridized carbons (Fsp3) is 0.458. The normalized spacial score (nSPS) is 33.1. The van der Waals surface area contributed by atoms with E-state index >= 15 is 0 Å². The van der Waals surface area contributed by atoms with Crippen LogP contribution in [0.2, 0.25) is 0 Å². The molecule has 3 heterocycles. The molecular weight excluding hydrogens is 524 g/mol. The van der Waals surface area contributed by atoms with E-state index in [4.69, 9.17) is 9.47 Å². The lowest BCUT2D eigenvalue weighted by atomic mass is 9.99. The molecule has 15 nitrogen and oxygen atoms in total. The first-order chi connectivity index (χ1) is 18.4. The molecule has 3 aliphatic rings. The molecule has 0 amide bonds. The predicted octanol–water partition coefficient (Wildman–Crippen LogP) is -4.90. The van der Waals surface area contributed by atoms with Gasteiger partial charge in [0.05, 0.1) is 6.61 Å². The van der Waals surface area contributed by atoms with Crippen molar-refractivity contribution in [1.82, 2.24) is 5.32 Å². The summed E-state index contributed by atoms with van der Waals surface area (Å²) in [6.07, 6.45) is -5.17. The van der Waals surface area contributed by atoms with E-state index in [0.717, 1.165) is 0 Å². The Balaban J connectivity index is 1.59. The number of carboxylic acid groups (broad SMARTS) is 3. The molecule has 8 atom stereocenters. The van der Waals surface area contributed by atoms with Crippen LogP contribution >= 0.6 is 0 Å². The van der Waals surface area contributed by atoms with Gasteiger partial charge in [0.15, 0.2) is 11.5 Å². The first kappa shape index (κ1) is 28.3. The van der Waals surface area contributed by atoms with Crippen LogP contribution < -0.4 is 20.1 Å². The van der Waals surface area contributed by atoms with Crippen LogP contribution in [0.1, 0.15) is 12.0 Å². The number of aliphatic carboxylic acids is 3. The zero-order valence-corrected chi connectivity index (χ0v) is 20.3. The van der Waals surface area contributed by atoms with Crippen LogP contribution in [0.15, 0.2) is 35.6 Å². The fourth-order valence-electron chi connectivity index (χ4n) is 4.89. The average molecular weight is 552 g/mol. The van der Waals surface area contributed by atoms with Crippen molar-refractivity contribution in [3.8, 4) is 11.5 Å². The number of aliphatic hydroxyl groups is 4. The molecule has 39 heavy (non-hydrogen) atoms. The molecule has 9 N–H and O–H groups in total. The molecule has 1 unspecified atom stereocenters. The number of hydrogen-bond donors (Lipinski definition) is 9. The Morgan fingerprint density at radius 2 is 1.85 bits per heavy atom. The van der Waals surface area contributed by atoms with Gasteiger partial charge in [0.25, 0.3) is 0 Å². The molecule has 0 spiro atoms. The van der Waals surface area contributed by atoms with Crippen LogP contribution in [0.4, 0.5) is 5.69 Å². The number of carbonyl (C=O) groups is 3. The van der Waals surface area contributed by atoms with Crippen LogP contribution in [0.25, 0.3) is 0 Å². The van der Waals surface area contributed by atoms with Crippen LogP contribution in [-0.4, -0.2) is 110 Å². The molecule has 1 aromatic carbocycles. The summed E-state index contributed by atoms with van der Waals surface area (Å²) in [7, 11) is 0. The third kappa shape index (κ3) is 5.68. The standard InChI is InChI=1S/C24H28N2O13/c27-8-17-18(29)19(30)20(31)24(39-17)38-16-6-10-5-14(23(36)37)26(13(10)7-15(16)28)2-1-9-3-11(21(32)33)25-12(4-9)22(34)35/h1,3,6-7,12,14,17-20,24-25,27-31H,2,4-5,8H2,(H,32,33)(H,34,35)(H,36,37)/t12-,14-,17+,18+,19-,20+,24-/m0/s1. The van der Waals surface area contributed by atoms with Crippen molar-refractivity contribution >= 4 is 23.6 Å². The number of phenols is 1. The van der Waals surface area contributed by atoms with E-state index in [1.807, 2.05) is 0 Å². The second-order valence-corrected chi connectivity index (χ2v) is 9.48. The van der Waals surface area contributed by atoms with E-state index in [9.17, 15) is 55.2 Å². The number of allylic oxidation sites excluding steroid dienone is 1. The smallest absolute Gasteiger partial charge is 0.351 e. The predicted molar refractivity (Wildman–Crippen MR) is 123 cm³/mol. The van der Waals surface area contributed by atoms with Gasteiger partial charge in [0.2, 0.25) is 6.29 Å². The van der Waals surface area contributed by atoms with Gasteiger partial charge in [-0.15, -0.1) is 0 Å². The van der Waals surface area contributed by atoms with Gasteiger partial charge >= 0.3 is 11.9 Å². The van der Waals surface area contributed by atoms with Crippen molar-refractivity contribution in [1.29, 1.82) is 0 Å². The Morgan fingerprint density at radius 3 is 2.46 bits per heavy atom. The Labute approximate surface area is 220 Å². The van der Waals surface area contributed by atoms with Crippen LogP contribution in [0.5, 0.6) is 11.5 Å². The summed E-state index contributed by atoms with van der Waals surface area (Å²) in [6, 6.07) is 0.275. The number of hydrogen-bond acceptors (Lipinski definition) is 12. The zero-order valence-electron chi connectivity index (χ0n) is 20.3. The molecule has 0 radical (unpaired) electrons. The van der Waals surface area contributed by atoms with Crippen molar-refractivity contribution in [2.75, 3.05) is 13.2 Å². The highest BCUT2D eigenvalue weighted by atomic mass is 16.7. The number of fused-ring (bicyclic) bond motifs is 1. The average Bonchev–Trinajstić information content (AvgIpc) is 3.24. The van der Waals surface area contributed by atoms with Crippen molar-refractivity contribution < 1.29 is 69.6 Å². The van der Waals surface area contributed by atoms with Gasteiger partial charge in [-0.05, 0) is 23.8 Å². The summed E-state index contributed by atoms with van der Waals surface area (Å²) in [4.78, 5) is 35.1. The summed E-state index contributed by atoms with van der Waals surface area (Å²) in [6.45, 7) is -0.697. The van der Waals surface area contributed by atoms with E-state index in [-0.39, 0.29) is 30.8 Å². The Morgan fingerprint density at radius 1 is 1.13 bits per heavy atom. The van der Waals surface area contributed by atoms with Crippen molar-refractivity contribution in [3.05, 3.63) is 41.1 Å². The molecule has 0 saturated carbocycles. The van der Waals surface area contributed by atoms with Crippen LogP contribution in [0.3, 0.4) is 0 Å². The molecule has 1 aromatic rings. The third-order valence-electron chi connectivity index (χ3n) is 6.96. The highest BCUT2D eigenvalue weighted by molar-refractivity contribution is 5.89. The minimum Gasteiger partial charge on any atom is -0.544 e. The third-order valence-corrected chi connectivity index (χ3v) is 6.96. The Hall–Kier alpha value is -3.73. The largest absolute Gasteiger partial charge is 0.544 e. The number of benzene rings is 1. The number of quaternary nitrogens is 1. The van der Waals surface area contributed by atoms with Gasteiger partial charge in [-0.3, -0.25) is 4.90 Å². The number of carboxylic acids is 3. The van der Waals surface area contributed by atoms with Crippen LogP contribution in [0, 0.1) is 0 Å². The molecule has 1 saturated heterocycles. The van der Waals surface area contributed by atoms with E-state index in [1.165, 1.54) is 24.3 Å². The van der Waals surface area contributed by atoms with Gasteiger partial charge in [-0.25, -0.2) is 9.59 Å². The molecule has 1 fully saturated rings. The topological polar surface area (TPSA) is 251 Å². The minimum atomic E-state index is -1.73. The molecule has 3 aliphatic heterocycles. The lowest BCUT2D eigenvalue weighted by Crippen LogP contribution is -3.11. The number of carbonyl (C=O) groups excluding carboxylic acids is 1. The van der Waals surface area contributed by atoms with Gasteiger partial charge in [0.1, 0.15) is 60.4 Å². The molecule has 212 valence electrons. The number of rotatable bonds is 8. The first-order valence-corrected chi connectivity index (χ1v) is 11.9. The molecule has 4 rings (SSSR count). The number of aliphatic hydroxyl groups excluding tert-OH is 4. The van der Waals surface area contributed by atoms with Gasteiger partial charge < -0.3 is 60.4 Å². The summed E-state index contributed by atoms with van der Waals surface area (Å²) in [5, 5.41) is 83.0. The van der Waals surface area contributed by atoms with Gasteiger partial charge in [-0.1, -0.05) is 0 Å². The highest BCUT2D eigenvalue weighted by Crippen LogP contribution is 2.36. The molecule has 0 aromatic heterocycles. The Bertz CT molecular complexity index is 1210. The van der Waals surface area contributed by atoms with E-state index in [0.29, 0.717) is 21.7 Å². The second-order valence-electron chi connectivity index (χ2n) is 9.48. The summed E-state index contributed by atoms with van der Waals surface area (Å²) < 4.78 is 10.8. The Kier molecular flexibility index (Phi) is 8.10. The quantitative estimate of drug-likeness (QED) is 0.147. The first-order valence-electron chi connectivity index (χ1n) is 11.9. The van der Waals surface area contributed by atoms with Crippen molar-refractivity contribution in [2.24, 2.45) is 0 Å². The molecule has 15 heteroatoms. The number of aromatic hydroxyl groups is 1. The van der Waals surface area contributed by atoms with Crippen molar-refractivity contribution in [3.63, 3.8) is 0 Å². The molecule has 0 bridgehead atoms.